The van der Waals surface area contributed by atoms with Crippen LogP contribution in [0.5, 0.6) is 0 Å². The van der Waals surface area contributed by atoms with Crippen LogP contribution in [-0.4, -0.2) is 19.7 Å². The third kappa shape index (κ3) is 2.22. The second-order valence-corrected chi connectivity index (χ2v) is 7.93. The van der Waals surface area contributed by atoms with Crippen molar-refractivity contribution in [3.8, 4) is 16.8 Å². The third-order valence-corrected chi connectivity index (χ3v) is 5.37. The van der Waals surface area contributed by atoms with Crippen LogP contribution < -0.4 is 5.32 Å². The molecule has 28 heavy (non-hydrogen) atoms. The number of halogens is 3. The average Bonchev–Trinajstić information content (AvgIpc) is 3.21. The van der Waals surface area contributed by atoms with Crippen LogP contribution in [0.1, 0.15) is 25.5 Å². The van der Waals surface area contributed by atoms with Crippen molar-refractivity contribution in [1.29, 1.82) is 0 Å². The van der Waals surface area contributed by atoms with E-state index < -0.39 is 17.2 Å². The van der Waals surface area contributed by atoms with Gasteiger partial charge in [0.25, 0.3) is 0 Å². The number of hydrogen-bond donors (Lipinski definition) is 2. The highest BCUT2D eigenvalue weighted by molar-refractivity contribution is 6.32. The summed E-state index contributed by atoms with van der Waals surface area (Å²) in [6, 6.07) is 6.39. The Hall–Kier alpha value is -2.93. The van der Waals surface area contributed by atoms with E-state index >= 15 is 8.78 Å². The Bertz CT molecular complexity index is 1270. The number of hydrogen-bond acceptors (Lipinski definition) is 3. The standard InChI is InChI=1S/C20H16ClF2N5/c1-9-26-27-19-20(2,3)25-15-8-13(22)16(17(23)18(15)28(9)19)12-6-10(21)7-14-11(12)4-5-24-14/h4-8,24-25H,1-3H3. The Morgan fingerprint density at radius 1 is 1.14 bits per heavy atom. The van der Waals surface area contributed by atoms with E-state index in [0.29, 0.717) is 38.8 Å². The largest absolute Gasteiger partial charge is 0.371 e. The quantitative estimate of drug-likeness (QED) is 0.455. The fourth-order valence-electron chi connectivity index (χ4n) is 3.94. The number of aromatic nitrogens is 4. The van der Waals surface area contributed by atoms with Gasteiger partial charge in [-0.05, 0) is 44.5 Å². The van der Waals surface area contributed by atoms with Gasteiger partial charge in [0, 0.05) is 28.2 Å². The van der Waals surface area contributed by atoms with Gasteiger partial charge in [-0.25, -0.2) is 8.78 Å². The molecule has 142 valence electrons. The Morgan fingerprint density at radius 2 is 1.93 bits per heavy atom. The number of fused-ring (bicyclic) bond motifs is 4. The van der Waals surface area contributed by atoms with Crippen molar-refractivity contribution in [2.24, 2.45) is 0 Å². The summed E-state index contributed by atoms with van der Waals surface area (Å²) in [5.74, 6) is -0.266. The van der Waals surface area contributed by atoms with E-state index in [-0.39, 0.29) is 11.3 Å². The van der Waals surface area contributed by atoms with Crippen LogP contribution in [0.4, 0.5) is 14.5 Å². The van der Waals surface area contributed by atoms with Gasteiger partial charge in [0.05, 0.1) is 16.8 Å². The van der Waals surface area contributed by atoms with Crippen molar-refractivity contribution in [2.45, 2.75) is 26.3 Å². The molecule has 0 aliphatic carbocycles. The smallest absolute Gasteiger partial charge is 0.162 e. The lowest BCUT2D eigenvalue weighted by molar-refractivity contribution is 0.517. The molecule has 2 aromatic carbocycles. The fraction of sp³-hybridized carbons (Fsp3) is 0.200. The van der Waals surface area contributed by atoms with E-state index in [0.717, 1.165) is 0 Å². The highest BCUT2D eigenvalue weighted by Gasteiger charge is 2.37. The summed E-state index contributed by atoms with van der Waals surface area (Å²) in [7, 11) is 0. The number of benzene rings is 2. The van der Waals surface area contributed by atoms with Crippen LogP contribution in [0.25, 0.3) is 27.7 Å². The molecule has 0 radical (unpaired) electrons. The van der Waals surface area contributed by atoms with Crippen LogP contribution in [0, 0.1) is 18.6 Å². The average molecular weight is 400 g/mol. The van der Waals surface area contributed by atoms with Crippen molar-refractivity contribution in [3.63, 3.8) is 0 Å². The van der Waals surface area contributed by atoms with Crippen molar-refractivity contribution >= 4 is 28.2 Å². The van der Waals surface area contributed by atoms with Crippen molar-refractivity contribution in [2.75, 3.05) is 5.32 Å². The lowest BCUT2D eigenvalue weighted by atomic mass is 9.95. The zero-order valence-corrected chi connectivity index (χ0v) is 16.1. The fourth-order valence-corrected chi connectivity index (χ4v) is 4.15. The molecule has 0 saturated carbocycles. The molecule has 0 saturated heterocycles. The molecule has 5 nitrogen and oxygen atoms in total. The second kappa shape index (κ2) is 5.54. The molecule has 0 unspecified atom stereocenters. The summed E-state index contributed by atoms with van der Waals surface area (Å²) in [5, 5.41) is 12.5. The maximum absolute atomic E-state index is 15.8. The summed E-state index contributed by atoms with van der Waals surface area (Å²) >= 11 is 6.20. The van der Waals surface area contributed by atoms with E-state index in [4.69, 9.17) is 11.6 Å². The van der Waals surface area contributed by atoms with Gasteiger partial charge in [-0.3, -0.25) is 4.57 Å². The van der Waals surface area contributed by atoms with Gasteiger partial charge in [-0.1, -0.05) is 11.6 Å². The molecule has 4 aromatic rings. The number of nitrogens with zero attached hydrogens (tertiary/aromatic N) is 3. The molecular formula is C20H16ClF2N5. The van der Waals surface area contributed by atoms with Crippen LogP contribution in [0.2, 0.25) is 5.02 Å². The van der Waals surface area contributed by atoms with E-state index in [9.17, 15) is 0 Å². The Morgan fingerprint density at radius 3 is 2.71 bits per heavy atom. The molecule has 1 aliphatic rings. The first kappa shape index (κ1) is 17.2. The lowest BCUT2D eigenvalue weighted by Crippen LogP contribution is -2.36. The topological polar surface area (TPSA) is 58.5 Å². The van der Waals surface area contributed by atoms with E-state index in [1.54, 1.807) is 35.9 Å². The maximum atomic E-state index is 15.8. The predicted octanol–water partition coefficient (Wildman–Crippen LogP) is 5.32. The number of H-pyrrole nitrogens is 1. The molecule has 0 amide bonds. The van der Waals surface area contributed by atoms with E-state index in [1.807, 2.05) is 13.8 Å². The number of aromatic amines is 1. The summed E-state index contributed by atoms with van der Waals surface area (Å²) < 4.78 is 32.7. The lowest BCUT2D eigenvalue weighted by Gasteiger charge is -2.34. The van der Waals surface area contributed by atoms with Crippen LogP contribution >= 0.6 is 11.6 Å². The molecule has 0 bridgehead atoms. The Labute approximate surface area is 164 Å². The van der Waals surface area contributed by atoms with E-state index in [2.05, 4.69) is 20.5 Å². The van der Waals surface area contributed by atoms with Crippen molar-refractivity contribution in [1.82, 2.24) is 19.7 Å². The van der Waals surface area contributed by atoms with Gasteiger partial charge in [-0.15, -0.1) is 10.2 Å². The first-order chi connectivity index (χ1) is 13.3. The molecule has 8 heteroatoms. The van der Waals surface area contributed by atoms with Crippen LogP contribution in [0.15, 0.2) is 30.5 Å². The minimum absolute atomic E-state index is 0.133. The molecule has 1 aliphatic heterocycles. The second-order valence-electron chi connectivity index (χ2n) is 7.49. The normalized spacial score (nSPS) is 14.6. The minimum atomic E-state index is -0.688. The maximum Gasteiger partial charge on any atom is 0.162 e. The first-order valence-electron chi connectivity index (χ1n) is 8.78. The molecule has 0 spiro atoms. The molecule has 0 fully saturated rings. The van der Waals surface area contributed by atoms with Crippen LogP contribution in [-0.2, 0) is 5.54 Å². The number of anilines is 1. The summed E-state index contributed by atoms with van der Waals surface area (Å²) in [6.45, 7) is 5.52. The Balaban J connectivity index is 1.87. The molecule has 5 rings (SSSR count). The number of rotatable bonds is 1. The van der Waals surface area contributed by atoms with Gasteiger partial charge in [0.1, 0.15) is 17.3 Å². The number of nitrogens with one attached hydrogen (secondary N) is 2. The molecule has 2 N–H and O–H groups in total. The van der Waals surface area contributed by atoms with E-state index in [1.165, 1.54) is 6.07 Å². The Kier molecular flexibility index (Phi) is 3.40. The van der Waals surface area contributed by atoms with Crippen molar-refractivity contribution in [3.05, 3.63) is 58.8 Å². The molecule has 3 heterocycles. The highest BCUT2D eigenvalue weighted by atomic mass is 35.5. The SMILES string of the molecule is Cc1nnc2n1-c1c(cc(F)c(-c3cc(Cl)cc4[nH]ccc34)c1F)NC2(C)C. The highest BCUT2D eigenvalue weighted by Crippen LogP contribution is 2.43. The zero-order valence-electron chi connectivity index (χ0n) is 15.4. The summed E-state index contributed by atoms with van der Waals surface area (Å²) in [6.07, 6.45) is 1.71. The number of aryl methyl sites for hydroxylation is 1. The van der Waals surface area contributed by atoms with Crippen LogP contribution in [0.3, 0.4) is 0 Å². The summed E-state index contributed by atoms with van der Waals surface area (Å²) in [4.78, 5) is 3.04. The van der Waals surface area contributed by atoms with Gasteiger partial charge in [0.15, 0.2) is 11.6 Å². The van der Waals surface area contributed by atoms with Gasteiger partial charge < -0.3 is 10.3 Å². The van der Waals surface area contributed by atoms with Gasteiger partial charge in [0.2, 0.25) is 0 Å². The molecule has 0 atom stereocenters. The van der Waals surface area contributed by atoms with Gasteiger partial charge in [-0.2, -0.15) is 0 Å². The zero-order chi connectivity index (χ0) is 19.8. The van der Waals surface area contributed by atoms with Gasteiger partial charge >= 0.3 is 0 Å². The minimum Gasteiger partial charge on any atom is -0.371 e. The van der Waals surface area contributed by atoms with Crippen molar-refractivity contribution < 1.29 is 8.78 Å². The predicted molar refractivity (Wildman–Crippen MR) is 105 cm³/mol. The molecular weight excluding hydrogens is 384 g/mol. The first-order valence-corrected chi connectivity index (χ1v) is 9.16. The monoisotopic (exact) mass is 399 g/mol. The summed E-state index contributed by atoms with van der Waals surface area (Å²) in [5.41, 5.74) is 0.895. The third-order valence-electron chi connectivity index (χ3n) is 5.15. The molecule has 2 aromatic heterocycles.